The first kappa shape index (κ1) is 15.2. The van der Waals surface area contributed by atoms with Crippen molar-refractivity contribution in [3.63, 3.8) is 0 Å². The average Bonchev–Trinajstić information content (AvgIpc) is 2.93. The van der Waals surface area contributed by atoms with Crippen LogP contribution in [0, 0.1) is 5.82 Å². The van der Waals surface area contributed by atoms with E-state index in [1.54, 1.807) is 12.3 Å². The molecule has 0 saturated carbocycles. The minimum Gasteiger partial charge on any atom is -0.376 e. The number of nitrogens with zero attached hydrogens (tertiary/aromatic N) is 2. The summed E-state index contributed by atoms with van der Waals surface area (Å²) in [6.45, 7) is 5.04. The molecule has 2 rings (SSSR count). The monoisotopic (exact) mass is 281 g/mol. The molecule has 0 aliphatic carbocycles. The van der Waals surface area contributed by atoms with E-state index in [0.717, 1.165) is 32.4 Å². The summed E-state index contributed by atoms with van der Waals surface area (Å²) in [5.41, 5.74) is 0.669. The lowest BCUT2D eigenvalue weighted by Gasteiger charge is -2.22. The fraction of sp³-hybridized carbons (Fsp3) is 0.667. The Morgan fingerprint density at radius 3 is 3.10 bits per heavy atom. The van der Waals surface area contributed by atoms with Gasteiger partial charge in [0.1, 0.15) is 0 Å². The number of halogens is 1. The minimum atomic E-state index is -0.225. The third-order valence-electron chi connectivity index (χ3n) is 3.56. The largest absolute Gasteiger partial charge is 0.376 e. The maximum atomic E-state index is 14.4. The Hall–Kier alpha value is -1.20. The van der Waals surface area contributed by atoms with Crippen molar-refractivity contribution >= 4 is 5.82 Å². The van der Waals surface area contributed by atoms with Crippen LogP contribution in [0.5, 0.6) is 0 Å². The van der Waals surface area contributed by atoms with Crippen LogP contribution in [-0.2, 0) is 11.3 Å². The first-order valence-electron chi connectivity index (χ1n) is 7.39. The van der Waals surface area contributed by atoms with Crippen LogP contribution in [0.25, 0.3) is 0 Å². The van der Waals surface area contributed by atoms with E-state index in [-0.39, 0.29) is 11.9 Å². The highest BCUT2D eigenvalue weighted by molar-refractivity contribution is 5.42. The molecule has 0 bridgehead atoms. The number of hydrogen-bond donors (Lipinski definition) is 1. The summed E-state index contributed by atoms with van der Waals surface area (Å²) in [7, 11) is 1.87. The molecule has 1 saturated heterocycles. The van der Waals surface area contributed by atoms with Gasteiger partial charge in [-0.15, -0.1) is 0 Å². The van der Waals surface area contributed by atoms with Gasteiger partial charge in [0.2, 0.25) is 0 Å². The van der Waals surface area contributed by atoms with Gasteiger partial charge in [0, 0.05) is 38.5 Å². The second-order valence-corrected chi connectivity index (χ2v) is 5.30. The van der Waals surface area contributed by atoms with Crippen molar-refractivity contribution in [1.82, 2.24) is 10.3 Å². The van der Waals surface area contributed by atoms with Gasteiger partial charge in [0.15, 0.2) is 11.6 Å². The van der Waals surface area contributed by atoms with E-state index in [4.69, 9.17) is 4.74 Å². The average molecular weight is 281 g/mol. The van der Waals surface area contributed by atoms with Gasteiger partial charge < -0.3 is 15.0 Å². The second kappa shape index (κ2) is 7.55. The van der Waals surface area contributed by atoms with Crippen LogP contribution in [0.2, 0.25) is 0 Å². The Bertz CT molecular complexity index is 422. The summed E-state index contributed by atoms with van der Waals surface area (Å²) in [5.74, 6) is 0.188. The standard InChI is InChI=1S/C15H24FN3O/c1-3-7-17-10-12-6-8-18-15(14(12)16)19(2)11-13-5-4-9-20-13/h6,8,13,17H,3-5,7,9-11H2,1-2H3. The normalized spacial score (nSPS) is 18.4. The Kier molecular flexibility index (Phi) is 5.73. The maximum Gasteiger partial charge on any atom is 0.170 e. The van der Waals surface area contributed by atoms with Gasteiger partial charge in [-0.3, -0.25) is 0 Å². The Morgan fingerprint density at radius 2 is 2.40 bits per heavy atom. The molecule has 1 aliphatic heterocycles. The van der Waals surface area contributed by atoms with E-state index < -0.39 is 0 Å². The zero-order chi connectivity index (χ0) is 14.4. The molecule has 4 nitrogen and oxygen atoms in total. The van der Waals surface area contributed by atoms with E-state index >= 15 is 0 Å². The zero-order valence-electron chi connectivity index (χ0n) is 12.4. The maximum absolute atomic E-state index is 14.4. The lowest BCUT2D eigenvalue weighted by Crippen LogP contribution is -2.30. The Balaban J connectivity index is 2.00. The summed E-state index contributed by atoms with van der Waals surface area (Å²) in [4.78, 5) is 6.03. The molecule has 1 aliphatic rings. The lowest BCUT2D eigenvalue weighted by atomic mass is 10.2. The molecule has 1 aromatic heterocycles. The van der Waals surface area contributed by atoms with E-state index in [9.17, 15) is 4.39 Å². The number of likely N-dealkylation sites (N-methyl/N-ethyl adjacent to an activating group) is 1. The summed E-state index contributed by atoms with van der Waals surface area (Å²) in [6.07, 6.45) is 5.05. The number of ether oxygens (including phenoxy) is 1. The molecular weight excluding hydrogens is 257 g/mol. The summed E-state index contributed by atoms with van der Waals surface area (Å²) in [6, 6.07) is 1.74. The van der Waals surface area contributed by atoms with Crippen LogP contribution in [0.15, 0.2) is 12.3 Å². The second-order valence-electron chi connectivity index (χ2n) is 5.30. The molecular formula is C15H24FN3O. The number of hydrogen-bond acceptors (Lipinski definition) is 4. The number of rotatable bonds is 7. The number of nitrogens with one attached hydrogen (secondary N) is 1. The van der Waals surface area contributed by atoms with Crippen molar-refractivity contribution in [2.24, 2.45) is 0 Å². The van der Waals surface area contributed by atoms with Crippen molar-refractivity contribution < 1.29 is 9.13 Å². The first-order chi connectivity index (χ1) is 9.72. The SMILES string of the molecule is CCCNCc1ccnc(N(C)CC2CCCO2)c1F. The third-order valence-corrected chi connectivity index (χ3v) is 3.56. The highest BCUT2D eigenvalue weighted by Crippen LogP contribution is 2.21. The van der Waals surface area contributed by atoms with Gasteiger partial charge in [-0.05, 0) is 31.9 Å². The van der Waals surface area contributed by atoms with Gasteiger partial charge in [0.25, 0.3) is 0 Å². The van der Waals surface area contributed by atoms with Crippen molar-refractivity contribution in [1.29, 1.82) is 0 Å². The highest BCUT2D eigenvalue weighted by Gasteiger charge is 2.20. The molecule has 1 atom stereocenters. The Morgan fingerprint density at radius 1 is 1.55 bits per heavy atom. The highest BCUT2D eigenvalue weighted by atomic mass is 19.1. The molecule has 20 heavy (non-hydrogen) atoms. The van der Waals surface area contributed by atoms with Crippen LogP contribution < -0.4 is 10.2 Å². The van der Waals surface area contributed by atoms with Gasteiger partial charge in [-0.1, -0.05) is 6.92 Å². The first-order valence-corrected chi connectivity index (χ1v) is 7.39. The molecule has 1 N–H and O–H groups in total. The molecule has 1 aromatic rings. The van der Waals surface area contributed by atoms with Crippen molar-refractivity contribution in [3.05, 3.63) is 23.6 Å². The smallest absolute Gasteiger partial charge is 0.170 e. The van der Waals surface area contributed by atoms with E-state index in [1.165, 1.54) is 0 Å². The third kappa shape index (κ3) is 3.90. The lowest BCUT2D eigenvalue weighted by molar-refractivity contribution is 0.116. The molecule has 112 valence electrons. The van der Waals surface area contributed by atoms with Crippen molar-refractivity contribution in [2.75, 3.05) is 31.6 Å². The quantitative estimate of drug-likeness (QED) is 0.778. The van der Waals surface area contributed by atoms with Gasteiger partial charge in [-0.2, -0.15) is 0 Å². The summed E-state index contributed by atoms with van der Waals surface area (Å²) in [5, 5.41) is 3.22. The topological polar surface area (TPSA) is 37.4 Å². The van der Waals surface area contributed by atoms with Crippen molar-refractivity contribution in [3.8, 4) is 0 Å². The van der Waals surface area contributed by atoms with E-state index in [0.29, 0.717) is 24.5 Å². The number of aromatic nitrogens is 1. The van der Waals surface area contributed by atoms with Gasteiger partial charge in [-0.25, -0.2) is 9.37 Å². The molecule has 5 heteroatoms. The predicted octanol–water partition coefficient (Wildman–Crippen LogP) is 2.34. The van der Waals surface area contributed by atoms with Crippen LogP contribution in [0.4, 0.5) is 10.2 Å². The van der Waals surface area contributed by atoms with Crippen LogP contribution in [0.1, 0.15) is 31.7 Å². The molecule has 0 aromatic carbocycles. The van der Waals surface area contributed by atoms with Gasteiger partial charge >= 0.3 is 0 Å². The molecule has 1 fully saturated rings. The molecule has 2 heterocycles. The van der Waals surface area contributed by atoms with Crippen LogP contribution >= 0.6 is 0 Å². The van der Waals surface area contributed by atoms with E-state index in [2.05, 4.69) is 17.2 Å². The van der Waals surface area contributed by atoms with Crippen LogP contribution in [-0.4, -0.2) is 37.8 Å². The Labute approximate surface area is 120 Å². The number of anilines is 1. The summed E-state index contributed by atoms with van der Waals surface area (Å²) >= 11 is 0. The summed E-state index contributed by atoms with van der Waals surface area (Å²) < 4.78 is 20.0. The minimum absolute atomic E-state index is 0.197. The zero-order valence-corrected chi connectivity index (χ0v) is 12.4. The van der Waals surface area contributed by atoms with Gasteiger partial charge in [0.05, 0.1) is 6.10 Å². The molecule has 0 radical (unpaired) electrons. The molecule has 1 unspecified atom stereocenters. The molecule has 0 amide bonds. The molecule has 0 spiro atoms. The number of pyridine rings is 1. The van der Waals surface area contributed by atoms with Crippen molar-refractivity contribution in [2.45, 2.75) is 38.8 Å². The fourth-order valence-corrected chi connectivity index (χ4v) is 2.45. The van der Waals surface area contributed by atoms with E-state index in [1.807, 2.05) is 11.9 Å². The fourth-order valence-electron chi connectivity index (χ4n) is 2.45. The predicted molar refractivity (Wildman–Crippen MR) is 78.4 cm³/mol. The van der Waals surface area contributed by atoms with Crippen LogP contribution in [0.3, 0.4) is 0 Å².